The minimum atomic E-state index is 0.601. The lowest BCUT2D eigenvalue weighted by Crippen LogP contribution is -2.09. The molecule has 0 heteroatoms. The Morgan fingerprint density at radius 3 is 0.568 bits per heavy atom. The van der Waals surface area contributed by atoms with Crippen molar-refractivity contribution in [3.8, 4) is 0 Å². The number of rotatable bonds is 20. The van der Waals surface area contributed by atoms with Crippen molar-refractivity contribution in [2.24, 2.45) is 22.7 Å². The van der Waals surface area contributed by atoms with Crippen molar-refractivity contribution in [1.29, 1.82) is 0 Å². The van der Waals surface area contributed by atoms with Gasteiger partial charge in [0.1, 0.15) is 0 Å². The lowest BCUT2D eigenvalue weighted by atomic mass is 9.84. The van der Waals surface area contributed by atoms with Gasteiger partial charge in [-0.15, -0.1) is 0 Å². The van der Waals surface area contributed by atoms with Crippen LogP contribution >= 0.6 is 0 Å². The molecule has 0 bridgehead atoms. The van der Waals surface area contributed by atoms with Gasteiger partial charge < -0.3 is 0 Å². The zero-order valence-electron chi connectivity index (χ0n) is 35.7. The van der Waals surface area contributed by atoms with Crippen LogP contribution in [0.1, 0.15) is 266 Å². The van der Waals surface area contributed by atoms with Crippen LogP contribution in [0.25, 0.3) is 0 Å². The van der Waals surface area contributed by atoms with Gasteiger partial charge in [-0.05, 0) is 48.3 Å². The molecule has 0 spiro atoms. The van der Waals surface area contributed by atoms with Crippen LogP contribution in [-0.2, 0) is 0 Å². The number of unbranched alkanes of at least 4 members (excludes halogenated alkanes) is 4. The fraction of sp³-hybridized carbons (Fsp3) is 1.00. The molecule has 0 unspecified atom stereocenters. The first-order valence-corrected chi connectivity index (χ1v) is 20.7. The molecule has 0 amide bonds. The molecular formula is C44H100. The summed E-state index contributed by atoms with van der Waals surface area (Å²) in [6.45, 7) is 41.0. The molecular weight excluding hydrogens is 528 g/mol. The Labute approximate surface area is 287 Å². The maximum atomic E-state index is 2.36. The highest BCUT2D eigenvalue weighted by Crippen LogP contribution is 2.28. The average molecular weight is 629 g/mol. The van der Waals surface area contributed by atoms with E-state index in [2.05, 4.69) is 125 Å². The van der Waals surface area contributed by atoms with Gasteiger partial charge in [-0.3, -0.25) is 0 Å². The summed E-state index contributed by atoms with van der Waals surface area (Å²) in [5.74, 6) is 1.93. The Morgan fingerprint density at radius 2 is 0.477 bits per heavy atom. The molecule has 276 valence electrons. The van der Waals surface area contributed by atoms with Gasteiger partial charge in [-0.2, -0.15) is 0 Å². The fourth-order valence-corrected chi connectivity index (χ4v) is 5.92. The normalized spacial score (nSPS) is 10.6. The molecule has 0 fully saturated rings. The summed E-state index contributed by atoms with van der Waals surface area (Å²) in [7, 11) is 0. The highest BCUT2D eigenvalue weighted by atomic mass is 14.2. The minimum absolute atomic E-state index is 0.601. The van der Waals surface area contributed by atoms with E-state index in [4.69, 9.17) is 0 Å². The average Bonchev–Trinajstić information content (AvgIpc) is 2.92. The van der Waals surface area contributed by atoms with Crippen LogP contribution in [-0.4, -0.2) is 0 Å². The Balaban J connectivity index is -0.0000000999. The molecule has 0 radical (unpaired) electrons. The largest absolute Gasteiger partial charge is 0.0654 e. The maximum absolute atomic E-state index is 2.36. The van der Waals surface area contributed by atoms with E-state index < -0.39 is 0 Å². The zero-order chi connectivity index (χ0) is 35.7. The van der Waals surface area contributed by atoms with Gasteiger partial charge in [0.25, 0.3) is 0 Å². The molecule has 0 aliphatic rings. The van der Waals surface area contributed by atoms with Crippen LogP contribution in [0.3, 0.4) is 0 Å². The second-order valence-corrected chi connectivity index (χ2v) is 15.4. The standard InChI is InChI=1S/2C9H20.2C8H18.2C5H12/c2*1-5-7-9(3,4)8-6-2;2*1-4-6-8(3)7-5-2;2*1-3-5-4-2/h2*5-8H2,1-4H3;2*8H,4-7H2,1-3H3;2*3-5H2,1-2H3. The van der Waals surface area contributed by atoms with E-state index in [1.807, 2.05) is 0 Å². The van der Waals surface area contributed by atoms with Gasteiger partial charge in [-0.25, -0.2) is 0 Å². The Bertz CT molecular complexity index is 346. The molecule has 0 saturated heterocycles. The van der Waals surface area contributed by atoms with Gasteiger partial charge in [0.05, 0.1) is 0 Å². The summed E-state index contributed by atoms with van der Waals surface area (Å²) in [5.41, 5.74) is 1.20. The molecule has 0 nitrogen and oxygen atoms in total. The summed E-state index contributed by atoms with van der Waals surface area (Å²) >= 11 is 0. The number of hydrogen-bond acceptors (Lipinski definition) is 0. The lowest BCUT2D eigenvalue weighted by Gasteiger charge is -2.22. The molecule has 0 aliphatic heterocycles. The number of hydrogen-bond donors (Lipinski definition) is 0. The van der Waals surface area contributed by atoms with E-state index in [9.17, 15) is 0 Å². The fourth-order valence-electron chi connectivity index (χ4n) is 5.92. The monoisotopic (exact) mass is 629 g/mol. The Kier molecular flexibility index (Phi) is 60.7. The second-order valence-electron chi connectivity index (χ2n) is 15.4. The quantitative estimate of drug-likeness (QED) is 0.126. The molecule has 0 atom stereocenters. The van der Waals surface area contributed by atoms with Crippen molar-refractivity contribution >= 4 is 0 Å². The molecule has 0 saturated carbocycles. The third-order valence-corrected chi connectivity index (χ3v) is 8.25. The first-order chi connectivity index (χ1) is 20.7. The summed E-state index contributed by atoms with van der Waals surface area (Å²) < 4.78 is 0. The topological polar surface area (TPSA) is 0 Å². The van der Waals surface area contributed by atoms with Crippen LogP contribution in [0, 0.1) is 22.7 Å². The second kappa shape index (κ2) is 47.4. The summed E-state index contributed by atoms with van der Waals surface area (Å²) in [5, 5.41) is 0. The van der Waals surface area contributed by atoms with E-state index in [1.165, 1.54) is 141 Å². The van der Waals surface area contributed by atoms with Crippen LogP contribution < -0.4 is 0 Å². The Morgan fingerprint density at radius 1 is 0.295 bits per heavy atom. The lowest BCUT2D eigenvalue weighted by molar-refractivity contribution is 0.301. The van der Waals surface area contributed by atoms with E-state index in [0.717, 1.165) is 11.8 Å². The van der Waals surface area contributed by atoms with Crippen LogP contribution in [0.15, 0.2) is 0 Å². The molecule has 0 aliphatic carbocycles. The molecule has 0 aromatic heterocycles. The third kappa shape index (κ3) is 68.9. The van der Waals surface area contributed by atoms with Crippen molar-refractivity contribution < 1.29 is 0 Å². The van der Waals surface area contributed by atoms with Crippen molar-refractivity contribution in [3.63, 3.8) is 0 Å². The van der Waals surface area contributed by atoms with Crippen molar-refractivity contribution in [2.45, 2.75) is 266 Å². The third-order valence-electron chi connectivity index (χ3n) is 8.25. The highest BCUT2D eigenvalue weighted by molar-refractivity contribution is 4.66. The predicted octanol–water partition coefficient (Wildman–Crippen LogP) is 18.1. The SMILES string of the molecule is CCCC(C)(C)CCC.CCCC(C)(C)CCC.CCCC(C)CCC.CCCC(C)CCC.CCCCC.CCCCC. The highest BCUT2D eigenvalue weighted by Gasteiger charge is 2.14. The van der Waals surface area contributed by atoms with Crippen molar-refractivity contribution in [1.82, 2.24) is 0 Å². The smallest absolute Gasteiger partial charge is 0.0354 e. The molecule has 0 heterocycles. The maximum Gasteiger partial charge on any atom is -0.0354 e. The van der Waals surface area contributed by atoms with Crippen molar-refractivity contribution in [2.75, 3.05) is 0 Å². The van der Waals surface area contributed by atoms with E-state index in [1.54, 1.807) is 0 Å². The van der Waals surface area contributed by atoms with E-state index in [0.29, 0.717) is 10.8 Å². The van der Waals surface area contributed by atoms with Gasteiger partial charge in [0.15, 0.2) is 0 Å². The van der Waals surface area contributed by atoms with Gasteiger partial charge >= 0.3 is 0 Å². The van der Waals surface area contributed by atoms with E-state index in [-0.39, 0.29) is 0 Å². The summed E-state index contributed by atoms with van der Waals surface area (Å²) in [6, 6.07) is 0. The van der Waals surface area contributed by atoms with Crippen LogP contribution in [0.4, 0.5) is 0 Å². The molecule has 0 rings (SSSR count). The van der Waals surface area contributed by atoms with Gasteiger partial charge in [0.2, 0.25) is 0 Å². The molecule has 0 aromatic carbocycles. The van der Waals surface area contributed by atoms with Crippen LogP contribution in [0.5, 0.6) is 0 Å². The van der Waals surface area contributed by atoms with Crippen LogP contribution in [0.2, 0.25) is 0 Å². The van der Waals surface area contributed by atoms with Gasteiger partial charge in [0, 0.05) is 0 Å². The molecule has 0 N–H and O–H groups in total. The Hall–Kier alpha value is 0. The first-order valence-electron chi connectivity index (χ1n) is 20.7. The first kappa shape index (κ1) is 56.3. The van der Waals surface area contributed by atoms with Gasteiger partial charge in [-0.1, -0.05) is 240 Å². The van der Waals surface area contributed by atoms with Crippen molar-refractivity contribution in [3.05, 3.63) is 0 Å². The minimum Gasteiger partial charge on any atom is -0.0654 e. The molecule has 0 aromatic rings. The zero-order valence-corrected chi connectivity index (χ0v) is 35.7. The van der Waals surface area contributed by atoms with E-state index >= 15 is 0 Å². The molecule has 44 heavy (non-hydrogen) atoms. The summed E-state index contributed by atoms with van der Waals surface area (Å²) in [4.78, 5) is 0. The predicted molar refractivity (Wildman–Crippen MR) is 216 cm³/mol. The summed E-state index contributed by atoms with van der Waals surface area (Å²) in [6.07, 6.45) is 30.0.